The molecule has 2 aliphatic heterocycles. The summed E-state index contributed by atoms with van der Waals surface area (Å²) in [5.74, 6) is 1.63. The van der Waals surface area contributed by atoms with Crippen molar-refractivity contribution in [3.63, 3.8) is 0 Å². The molecule has 0 bridgehead atoms. The number of nitrogens with zero attached hydrogens (tertiary/aromatic N) is 2. The van der Waals surface area contributed by atoms with Crippen molar-refractivity contribution in [2.75, 3.05) is 21.3 Å². The molecule has 0 spiro atoms. The molecule has 1 saturated heterocycles. The van der Waals surface area contributed by atoms with E-state index in [0.29, 0.717) is 18.2 Å². The molecule has 0 unspecified atom stereocenters. The Morgan fingerprint density at radius 3 is 2.33 bits per heavy atom. The number of methoxy groups -OCH3 is 2. The third-order valence-corrected chi connectivity index (χ3v) is 5.90. The van der Waals surface area contributed by atoms with Crippen molar-refractivity contribution in [3.05, 3.63) is 59.2 Å². The van der Waals surface area contributed by atoms with E-state index in [9.17, 15) is 4.79 Å². The fourth-order valence-electron chi connectivity index (χ4n) is 4.61. The molecule has 2 heterocycles. The summed E-state index contributed by atoms with van der Waals surface area (Å²) < 4.78 is 11.0. The van der Waals surface area contributed by atoms with Gasteiger partial charge in [0.05, 0.1) is 14.2 Å². The molecule has 5 nitrogen and oxygen atoms in total. The Morgan fingerprint density at radius 1 is 1.00 bits per heavy atom. The van der Waals surface area contributed by atoms with Gasteiger partial charge < -0.3 is 14.4 Å². The third kappa shape index (κ3) is 2.86. The summed E-state index contributed by atoms with van der Waals surface area (Å²) in [6.45, 7) is 2.24. The molecule has 0 N–H and O–H groups in total. The van der Waals surface area contributed by atoms with Crippen LogP contribution >= 0.6 is 0 Å². The molecule has 1 amide bonds. The highest BCUT2D eigenvalue weighted by Crippen LogP contribution is 2.47. The van der Waals surface area contributed by atoms with Gasteiger partial charge in [0, 0.05) is 25.6 Å². The number of hydrogen-bond donors (Lipinski definition) is 0. The summed E-state index contributed by atoms with van der Waals surface area (Å²) in [6.07, 6.45) is 1.33. The normalized spacial score (nSPS) is 25.0. The minimum absolute atomic E-state index is 0.0393. The van der Waals surface area contributed by atoms with E-state index in [4.69, 9.17) is 9.47 Å². The molecular formula is C22H26N2O3. The maximum absolute atomic E-state index is 12.9. The first-order chi connectivity index (χ1) is 13.0. The van der Waals surface area contributed by atoms with Gasteiger partial charge in [0.1, 0.15) is 6.17 Å². The Balaban J connectivity index is 1.83. The van der Waals surface area contributed by atoms with E-state index in [1.165, 1.54) is 11.1 Å². The second-order valence-corrected chi connectivity index (χ2v) is 7.42. The van der Waals surface area contributed by atoms with Gasteiger partial charge in [-0.05, 0) is 42.2 Å². The van der Waals surface area contributed by atoms with Crippen LogP contribution in [-0.2, 0) is 11.2 Å². The fraction of sp³-hybridized carbons (Fsp3) is 0.409. The van der Waals surface area contributed by atoms with Gasteiger partial charge in [0.2, 0.25) is 5.91 Å². The first kappa shape index (κ1) is 17.9. The first-order valence-corrected chi connectivity index (χ1v) is 9.38. The molecule has 27 heavy (non-hydrogen) atoms. The maximum Gasteiger partial charge on any atom is 0.225 e. The third-order valence-electron chi connectivity index (χ3n) is 5.90. The molecule has 0 aromatic heterocycles. The number of ether oxygens (including phenoxy) is 2. The molecule has 2 aromatic rings. The smallest absolute Gasteiger partial charge is 0.225 e. The van der Waals surface area contributed by atoms with Gasteiger partial charge in [0.15, 0.2) is 11.5 Å². The second kappa shape index (κ2) is 6.89. The monoisotopic (exact) mass is 366 g/mol. The number of carbonyl (C=O) groups excluding carboxylic acids is 1. The molecule has 0 radical (unpaired) electrons. The number of rotatable bonds is 3. The molecule has 142 valence electrons. The van der Waals surface area contributed by atoms with Gasteiger partial charge in [-0.3, -0.25) is 9.69 Å². The lowest BCUT2D eigenvalue weighted by atomic mass is 9.83. The minimum Gasteiger partial charge on any atom is -0.493 e. The van der Waals surface area contributed by atoms with Gasteiger partial charge >= 0.3 is 0 Å². The van der Waals surface area contributed by atoms with E-state index < -0.39 is 0 Å². The second-order valence-electron chi connectivity index (χ2n) is 7.42. The van der Waals surface area contributed by atoms with E-state index in [0.717, 1.165) is 17.7 Å². The average molecular weight is 366 g/mol. The van der Waals surface area contributed by atoms with Crippen molar-refractivity contribution in [1.82, 2.24) is 9.80 Å². The molecule has 2 aliphatic rings. The van der Waals surface area contributed by atoms with Gasteiger partial charge in [0.25, 0.3) is 0 Å². The number of benzene rings is 2. The number of fused-ring (bicyclic) bond motifs is 3. The summed E-state index contributed by atoms with van der Waals surface area (Å²) in [5, 5.41) is 0. The Labute approximate surface area is 160 Å². The zero-order valence-electron chi connectivity index (χ0n) is 16.3. The maximum atomic E-state index is 12.9. The van der Waals surface area contributed by atoms with Crippen LogP contribution in [0.2, 0.25) is 0 Å². The van der Waals surface area contributed by atoms with Crippen molar-refractivity contribution >= 4 is 5.91 Å². The van der Waals surface area contributed by atoms with Crippen molar-refractivity contribution in [2.45, 2.75) is 38.0 Å². The summed E-state index contributed by atoms with van der Waals surface area (Å²) in [6, 6.07) is 14.8. The predicted octanol–water partition coefficient (Wildman–Crippen LogP) is 3.55. The van der Waals surface area contributed by atoms with Gasteiger partial charge in [-0.2, -0.15) is 0 Å². The lowest BCUT2D eigenvalue weighted by Crippen LogP contribution is -2.55. The molecule has 1 fully saturated rings. The number of amides is 1. The SMILES string of the molecule is COc1cc2c(cc1OC)[C@@H]1CC(=O)N(C)[C@H](c3ccccc3)N1[C@@H](C)C2. The molecule has 3 atom stereocenters. The van der Waals surface area contributed by atoms with Crippen LogP contribution < -0.4 is 9.47 Å². The quantitative estimate of drug-likeness (QED) is 0.833. The van der Waals surface area contributed by atoms with Crippen LogP contribution in [0.25, 0.3) is 0 Å². The molecule has 4 rings (SSSR count). The molecule has 2 aromatic carbocycles. The highest BCUT2D eigenvalue weighted by atomic mass is 16.5. The molecule has 5 heteroatoms. The Bertz CT molecular complexity index is 852. The zero-order valence-corrected chi connectivity index (χ0v) is 16.3. The van der Waals surface area contributed by atoms with Crippen LogP contribution in [0.3, 0.4) is 0 Å². The van der Waals surface area contributed by atoms with E-state index in [-0.39, 0.29) is 18.1 Å². The topological polar surface area (TPSA) is 42.0 Å². The highest BCUT2D eigenvalue weighted by Gasteiger charge is 2.45. The van der Waals surface area contributed by atoms with Crippen LogP contribution in [0.1, 0.15) is 42.2 Å². The van der Waals surface area contributed by atoms with E-state index in [1.807, 2.05) is 30.1 Å². The fourth-order valence-corrected chi connectivity index (χ4v) is 4.61. The number of carbonyl (C=O) groups is 1. The van der Waals surface area contributed by atoms with Gasteiger partial charge in [-0.1, -0.05) is 30.3 Å². The molecule has 0 aliphatic carbocycles. The van der Waals surface area contributed by atoms with E-state index in [1.54, 1.807) is 14.2 Å². The number of hydrogen-bond acceptors (Lipinski definition) is 4. The lowest BCUT2D eigenvalue weighted by molar-refractivity contribution is -0.151. The Morgan fingerprint density at radius 2 is 1.67 bits per heavy atom. The van der Waals surface area contributed by atoms with Crippen LogP contribution in [-0.4, -0.2) is 43.0 Å². The van der Waals surface area contributed by atoms with E-state index >= 15 is 0 Å². The van der Waals surface area contributed by atoms with Crippen LogP contribution in [0, 0.1) is 0 Å². The lowest BCUT2D eigenvalue weighted by Gasteiger charge is -2.52. The van der Waals surface area contributed by atoms with Gasteiger partial charge in [-0.25, -0.2) is 0 Å². The summed E-state index contributed by atoms with van der Waals surface area (Å²) in [4.78, 5) is 17.2. The van der Waals surface area contributed by atoms with Crippen molar-refractivity contribution in [2.24, 2.45) is 0 Å². The highest BCUT2D eigenvalue weighted by molar-refractivity contribution is 5.78. The average Bonchev–Trinajstić information content (AvgIpc) is 2.69. The van der Waals surface area contributed by atoms with E-state index in [2.05, 4.69) is 36.1 Å². The standard InChI is InChI=1S/C22H26N2O3/c1-14-10-16-11-19(26-3)20(27-4)12-17(16)18-13-21(25)23(2)22(24(14)18)15-8-6-5-7-9-15/h5-9,11-12,14,18,22H,10,13H2,1-4H3/t14-,18-,22-/m0/s1. The van der Waals surface area contributed by atoms with Crippen LogP contribution in [0.15, 0.2) is 42.5 Å². The zero-order chi connectivity index (χ0) is 19.1. The molecule has 0 saturated carbocycles. The largest absolute Gasteiger partial charge is 0.493 e. The van der Waals surface area contributed by atoms with Crippen LogP contribution in [0.5, 0.6) is 11.5 Å². The Kier molecular flexibility index (Phi) is 4.56. The minimum atomic E-state index is -0.0614. The summed E-state index contributed by atoms with van der Waals surface area (Å²) >= 11 is 0. The van der Waals surface area contributed by atoms with Gasteiger partial charge in [-0.15, -0.1) is 0 Å². The molecular weight excluding hydrogens is 340 g/mol. The van der Waals surface area contributed by atoms with Crippen molar-refractivity contribution in [1.29, 1.82) is 0 Å². The predicted molar refractivity (Wildman–Crippen MR) is 104 cm³/mol. The van der Waals surface area contributed by atoms with Crippen molar-refractivity contribution < 1.29 is 14.3 Å². The van der Waals surface area contributed by atoms with Crippen LogP contribution in [0.4, 0.5) is 0 Å². The first-order valence-electron chi connectivity index (χ1n) is 9.38. The van der Waals surface area contributed by atoms with Crippen molar-refractivity contribution in [3.8, 4) is 11.5 Å². The Hall–Kier alpha value is -2.53. The summed E-state index contributed by atoms with van der Waals surface area (Å²) in [5.41, 5.74) is 3.56. The summed E-state index contributed by atoms with van der Waals surface area (Å²) in [7, 11) is 5.22.